The van der Waals surface area contributed by atoms with Crippen LogP contribution in [0.15, 0.2) is 53.5 Å². The zero-order valence-corrected chi connectivity index (χ0v) is 33.1. The Morgan fingerprint density at radius 1 is 1.00 bits per heavy atom. The molecule has 0 bridgehead atoms. The zero-order chi connectivity index (χ0) is 40.6. The van der Waals surface area contributed by atoms with Crippen molar-refractivity contribution in [3.8, 4) is 10.8 Å². The van der Waals surface area contributed by atoms with Crippen LogP contribution in [0.2, 0.25) is 5.02 Å². The number of thiophene rings is 1. The molecule has 296 valence electrons. The van der Waals surface area contributed by atoms with Gasteiger partial charge in [-0.15, -0.1) is 21.5 Å². The molecule has 2 aromatic heterocycles. The number of fused-ring (bicyclic) bond motifs is 3. The molecule has 1 fully saturated rings. The first-order valence-electron chi connectivity index (χ1n) is 18.4. The fraction of sp³-hybridized carbons (Fsp3) is 0.325. The molecule has 2 aliphatic rings. The van der Waals surface area contributed by atoms with Crippen LogP contribution in [-0.2, 0) is 19.2 Å². The van der Waals surface area contributed by atoms with Crippen LogP contribution in [-0.4, -0.2) is 82.0 Å². The Hall–Kier alpha value is -6.00. The maximum atomic E-state index is 13.2. The first-order chi connectivity index (χ1) is 27.4. The molecule has 0 radical (unpaired) electrons. The molecule has 0 saturated carbocycles. The van der Waals surface area contributed by atoms with E-state index in [9.17, 15) is 28.8 Å². The minimum absolute atomic E-state index is 0.00348. The summed E-state index contributed by atoms with van der Waals surface area (Å²) in [5, 5.41) is 20.7. The lowest BCUT2D eigenvalue weighted by Crippen LogP contribution is -2.52. The van der Waals surface area contributed by atoms with Gasteiger partial charge in [-0.1, -0.05) is 48.7 Å². The SMILES string of the molecule is Cc1sc2c(c1C)C(c1ccc(Cl)cc1)=N/C(=C/C(=O)NCCCCCCNC(=O)COc1cccc(C=O)c1C(=O)NC1CCC(=O)NC1=O)c1nnc(C)n1-2. The van der Waals surface area contributed by atoms with E-state index < -0.39 is 36.3 Å². The number of ether oxygens (including phenoxy) is 1. The predicted molar refractivity (Wildman–Crippen MR) is 214 cm³/mol. The van der Waals surface area contributed by atoms with Crippen LogP contribution in [0.4, 0.5) is 0 Å². The molecule has 1 unspecified atom stereocenters. The van der Waals surface area contributed by atoms with Gasteiger partial charge in [-0.05, 0) is 63.8 Å². The van der Waals surface area contributed by atoms with E-state index in [0.717, 1.165) is 45.1 Å². The quantitative estimate of drug-likeness (QED) is 0.0584. The number of aliphatic imine (C=N–C) groups is 1. The average molecular weight is 813 g/mol. The van der Waals surface area contributed by atoms with Gasteiger partial charge in [0.1, 0.15) is 28.3 Å². The van der Waals surface area contributed by atoms with E-state index in [1.807, 2.05) is 35.8 Å². The Kier molecular flexibility index (Phi) is 13.1. The molecular weight excluding hydrogens is 772 g/mol. The molecule has 2 aliphatic heterocycles. The number of aromatic nitrogens is 3. The number of amides is 5. The Morgan fingerprint density at radius 2 is 1.74 bits per heavy atom. The third-order valence-electron chi connectivity index (χ3n) is 9.52. The number of benzene rings is 2. The molecule has 6 rings (SSSR count). The molecule has 1 saturated heterocycles. The van der Waals surface area contributed by atoms with Gasteiger partial charge in [-0.3, -0.25) is 38.7 Å². The van der Waals surface area contributed by atoms with Gasteiger partial charge < -0.3 is 20.7 Å². The molecular formula is C40H41ClN8O7S. The maximum absolute atomic E-state index is 13.2. The fourth-order valence-electron chi connectivity index (χ4n) is 6.44. The molecule has 4 N–H and O–H groups in total. The number of aryl methyl sites for hydroxylation is 2. The Labute approximate surface area is 337 Å². The van der Waals surface area contributed by atoms with E-state index >= 15 is 0 Å². The fourth-order valence-corrected chi connectivity index (χ4v) is 7.77. The number of halogens is 1. The average Bonchev–Trinajstić information content (AvgIpc) is 3.67. The number of nitrogens with one attached hydrogen (secondary N) is 4. The topological polar surface area (TPSA) is 203 Å². The summed E-state index contributed by atoms with van der Waals surface area (Å²) in [5.41, 5.74) is 3.93. The summed E-state index contributed by atoms with van der Waals surface area (Å²) >= 11 is 7.83. The van der Waals surface area contributed by atoms with Crippen molar-refractivity contribution in [1.29, 1.82) is 0 Å². The number of piperidine rings is 1. The van der Waals surface area contributed by atoms with Gasteiger partial charge in [0.25, 0.3) is 11.8 Å². The molecule has 1 atom stereocenters. The predicted octanol–water partition coefficient (Wildman–Crippen LogP) is 4.32. The summed E-state index contributed by atoms with van der Waals surface area (Å²) in [6.07, 6.45) is 5.12. The Bertz CT molecular complexity index is 2300. The number of carbonyl (C=O) groups is 6. The summed E-state index contributed by atoms with van der Waals surface area (Å²) < 4.78 is 7.56. The van der Waals surface area contributed by atoms with Crippen LogP contribution in [0.25, 0.3) is 10.7 Å². The molecule has 15 nitrogen and oxygen atoms in total. The highest BCUT2D eigenvalue weighted by Gasteiger charge is 2.31. The highest BCUT2D eigenvalue weighted by Crippen LogP contribution is 2.38. The van der Waals surface area contributed by atoms with Crippen molar-refractivity contribution in [2.75, 3.05) is 19.7 Å². The number of hydrogen-bond donors (Lipinski definition) is 4. The van der Waals surface area contributed by atoms with E-state index in [0.29, 0.717) is 54.6 Å². The molecule has 17 heteroatoms. The highest BCUT2D eigenvalue weighted by molar-refractivity contribution is 7.15. The number of imide groups is 1. The van der Waals surface area contributed by atoms with Crippen molar-refractivity contribution < 1.29 is 33.5 Å². The van der Waals surface area contributed by atoms with Crippen LogP contribution in [0.5, 0.6) is 5.75 Å². The number of rotatable bonds is 15. The van der Waals surface area contributed by atoms with Crippen molar-refractivity contribution in [2.45, 2.75) is 65.3 Å². The largest absolute Gasteiger partial charge is 0.483 e. The van der Waals surface area contributed by atoms with Gasteiger partial charge in [0.05, 0.1) is 11.3 Å². The summed E-state index contributed by atoms with van der Waals surface area (Å²) in [4.78, 5) is 80.2. The third-order valence-corrected chi connectivity index (χ3v) is 11.0. The van der Waals surface area contributed by atoms with Crippen molar-refractivity contribution in [1.82, 2.24) is 36.0 Å². The molecule has 57 heavy (non-hydrogen) atoms. The third kappa shape index (κ3) is 9.52. The molecule has 4 heterocycles. The van der Waals surface area contributed by atoms with Gasteiger partial charge in [0.15, 0.2) is 18.7 Å². The standard InChI is InChI=1S/C40H41ClN8O7S/c1-22-23(2)57-40-34(22)36(25-11-13-27(41)14-12-25)44-29(37-48-47-24(3)49(37)40)19-32(52)42-17-6-4-5-7-18-43-33(53)21-56-30-10-8-9-26(20-50)35(30)39(55)45-28-15-16-31(51)46-38(28)54/h8-14,19-20,28H,4-7,15-18,21H2,1-3H3,(H,42,52)(H,43,53)(H,45,55)(H,46,51,54)/b29-19+. The second-order valence-corrected chi connectivity index (χ2v) is 15.2. The lowest BCUT2D eigenvalue weighted by Gasteiger charge is -2.22. The van der Waals surface area contributed by atoms with Gasteiger partial charge in [0.2, 0.25) is 17.7 Å². The number of carbonyl (C=O) groups excluding carboxylic acids is 6. The molecule has 4 aromatic rings. The summed E-state index contributed by atoms with van der Waals surface area (Å²) in [6, 6.07) is 10.9. The number of unbranched alkanes of at least 4 members (excludes halogenated alkanes) is 3. The van der Waals surface area contributed by atoms with E-state index in [2.05, 4.69) is 45.3 Å². The van der Waals surface area contributed by atoms with Gasteiger partial charge in [-0.2, -0.15) is 0 Å². The van der Waals surface area contributed by atoms with Crippen LogP contribution in [0.3, 0.4) is 0 Å². The van der Waals surface area contributed by atoms with Crippen molar-refractivity contribution in [2.24, 2.45) is 4.99 Å². The molecule has 0 aliphatic carbocycles. The first-order valence-corrected chi connectivity index (χ1v) is 19.6. The molecule has 2 aromatic carbocycles. The maximum Gasteiger partial charge on any atom is 0.257 e. The minimum Gasteiger partial charge on any atom is -0.483 e. The van der Waals surface area contributed by atoms with E-state index in [1.165, 1.54) is 24.3 Å². The summed E-state index contributed by atoms with van der Waals surface area (Å²) in [5.74, 6) is -1.37. The van der Waals surface area contributed by atoms with E-state index in [-0.39, 0.29) is 35.6 Å². The van der Waals surface area contributed by atoms with Crippen molar-refractivity contribution >= 4 is 70.2 Å². The lowest BCUT2D eigenvalue weighted by atomic mass is 10.00. The van der Waals surface area contributed by atoms with E-state index in [1.54, 1.807) is 11.3 Å². The second-order valence-electron chi connectivity index (χ2n) is 13.5. The van der Waals surface area contributed by atoms with Gasteiger partial charge in [0, 0.05) is 52.2 Å². The second kappa shape index (κ2) is 18.3. The number of aldehydes is 1. The first kappa shape index (κ1) is 40.7. The molecule has 5 amide bonds. The van der Waals surface area contributed by atoms with E-state index in [4.69, 9.17) is 21.3 Å². The normalized spacial score (nSPS) is 15.5. The Balaban J connectivity index is 0.969. The molecule has 0 spiro atoms. The van der Waals surface area contributed by atoms with Crippen LogP contribution in [0.1, 0.15) is 92.5 Å². The summed E-state index contributed by atoms with van der Waals surface area (Å²) in [7, 11) is 0. The van der Waals surface area contributed by atoms with Crippen LogP contribution >= 0.6 is 22.9 Å². The lowest BCUT2D eigenvalue weighted by molar-refractivity contribution is -0.134. The summed E-state index contributed by atoms with van der Waals surface area (Å²) in [6.45, 7) is 6.42. The monoisotopic (exact) mass is 812 g/mol. The smallest absolute Gasteiger partial charge is 0.257 e. The number of nitrogens with zero attached hydrogens (tertiary/aromatic N) is 4. The van der Waals surface area contributed by atoms with Crippen LogP contribution < -0.4 is 26.0 Å². The Morgan fingerprint density at radius 3 is 2.46 bits per heavy atom. The van der Waals surface area contributed by atoms with Gasteiger partial charge >= 0.3 is 0 Å². The zero-order valence-electron chi connectivity index (χ0n) is 31.6. The van der Waals surface area contributed by atoms with Gasteiger partial charge in [-0.25, -0.2) is 4.99 Å². The highest BCUT2D eigenvalue weighted by atomic mass is 35.5. The van der Waals surface area contributed by atoms with Crippen molar-refractivity contribution in [3.63, 3.8) is 0 Å². The minimum atomic E-state index is -0.951. The number of hydrogen-bond acceptors (Lipinski definition) is 11. The van der Waals surface area contributed by atoms with Crippen molar-refractivity contribution in [3.05, 3.63) is 97.9 Å². The van der Waals surface area contributed by atoms with Crippen LogP contribution in [0, 0.1) is 20.8 Å².